The van der Waals surface area contributed by atoms with E-state index >= 15 is 0 Å². The number of aliphatic hydroxyl groups is 4. The van der Waals surface area contributed by atoms with E-state index in [1.165, 1.54) is 31.4 Å². The smallest absolute Gasteiger partial charge is 0.239 e. The van der Waals surface area contributed by atoms with Crippen molar-refractivity contribution in [1.82, 2.24) is 0 Å². The summed E-state index contributed by atoms with van der Waals surface area (Å²) in [5, 5.41) is 69.4. The van der Waals surface area contributed by atoms with E-state index in [2.05, 4.69) is 0 Å². The topological polar surface area (TPSA) is 200 Å². The number of phenolic OH excluding ortho intramolecular Hbond substituents is 3. The second kappa shape index (κ2) is 9.00. The molecule has 182 valence electrons. The Hall–Kier alpha value is -3.55. The quantitative estimate of drug-likeness (QED) is 0.238. The third kappa shape index (κ3) is 3.87. The van der Waals surface area contributed by atoms with Gasteiger partial charge in [-0.1, -0.05) is 0 Å². The van der Waals surface area contributed by atoms with Crippen LogP contribution in [0.25, 0.3) is 22.3 Å². The van der Waals surface area contributed by atoms with Crippen LogP contribution >= 0.6 is 0 Å². The average molecular weight is 478 g/mol. The van der Waals surface area contributed by atoms with Crippen LogP contribution in [0, 0.1) is 0 Å². The van der Waals surface area contributed by atoms with E-state index in [0.717, 1.165) is 6.07 Å². The normalized spacial score (nSPS) is 24.8. The first-order valence-electron chi connectivity index (χ1n) is 10.0. The van der Waals surface area contributed by atoms with Crippen LogP contribution in [-0.4, -0.2) is 80.2 Å². The summed E-state index contributed by atoms with van der Waals surface area (Å²) in [7, 11) is 1.22. The van der Waals surface area contributed by atoms with E-state index in [4.69, 9.17) is 18.6 Å². The van der Waals surface area contributed by atoms with Crippen molar-refractivity contribution in [1.29, 1.82) is 0 Å². The minimum Gasteiger partial charge on any atom is -0.508 e. The van der Waals surface area contributed by atoms with Crippen LogP contribution in [0.3, 0.4) is 0 Å². The van der Waals surface area contributed by atoms with Crippen LogP contribution in [0.5, 0.6) is 28.7 Å². The van der Waals surface area contributed by atoms with Crippen LogP contribution in [0.4, 0.5) is 0 Å². The molecule has 1 aliphatic heterocycles. The van der Waals surface area contributed by atoms with Gasteiger partial charge in [-0.2, -0.15) is 0 Å². The molecular formula is C22H22O12. The van der Waals surface area contributed by atoms with Crippen LogP contribution in [0.1, 0.15) is 0 Å². The minimum absolute atomic E-state index is 0.0244. The lowest BCUT2D eigenvalue weighted by atomic mass is 9.99. The van der Waals surface area contributed by atoms with Crippen molar-refractivity contribution < 1.29 is 54.4 Å². The van der Waals surface area contributed by atoms with Crippen LogP contribution in [-0.2, 0) is 4.74 Å². The molecule has 34 heavy (non-hydrogen) atoms. The van der Waals surface area contributed by atoms with Gasteiger partial charge in [-0.25, -0.2) is 0 Å². The van der Waals surface area contributed by atoms with Crippen molar-refractivity contribution in [3.8, 4) is 40.1 Å². The average Bonchev–Trinajstić information content (AvgIpc) is 2.82. The maximum Gasteiger partial charge on any atom is 0.239 e. The van der Waals surface area contributed by atoms with Gasteiger partial charge >= 0.3 is 0 Å². The molecule has 1 aliphatic rings. The van der Waals surface area contributed by atoms with E-state index in [1.54, 1.807) is 0 Å². The second-order valence-electron chi connectivity index (χ2n) is 7.60. The van der Waals surface area contributed by atoms with Crippen molar-refractivity contribution in [3.63, 3.8) is 0 Å². The Balaban J connectivity index is 1.83. The molecule has 2 aromatic carbocycles. The van der Waals surface area contributed by atoms with Gasteiger partial charge in [0.25, 0.3) is 0 Å². The summed E-state index contributed by atoms with van der Waals surface area (Å²) >= 11 is 0. The summed E-state index contributed by atoms with van der Waals surface area (Å²) in [5.74, 6) is -2.61. The van der Waals surface area contributed by atoms with E-state index in [1.807, 2.05) is 0 Å². The Morgan fingerprint density at radius 1 is 0.971 bits per heavy atom. The van der Waals surface area contributed by atoms with Gasteiger partial charge in [0.15, 0.2) is 17.3 Å². The van der Waals surface area contributed by atoms with E-state index in [0.29, 0.717) is 5.56 Å². The molecule has 2 heterocycles. The third-order valence-electron chi connectivity index (χ3n) is 5.48. The maximum atomic E-state index is 13.0. The van der Waals surface area contributed by atoms with Gasteiger partial charge in [-0.15, -0.1) is 0 Å². The second-order valence-corrected chi connectivity index (χ2v) is 7.60. The van der Waals surface area contributed by atoms with Crippen molar-refractivity contribution in [3.05, 3.63) is 40.6 Å². The standard InChI is InChI=1S/C22H22O12/c1-31-21-17(28)13-10(32-20(21)8-2-4-9(24)5-3-8)6-11(14(25)16(13)27)33-22-19(30)18(29)15(26)12(7-23)34-22/h2-6,12,15,18-19,22-27,29-30H,7H2,1H3/t12-,15-,18+,19-,22-/m1/s1. The van der Waals surface area contributed by atoms with Gasteiger partial charge in [0.1, 0.15) is 41.1 Å². The first-order valence-corrected chi connectivity index (χ1v) is 10.0. The number of rotatable bonds is 5. The number of fused-ring (bicyclic) bond motifs is 1. The number of benzene rings is 2. The number of aliphatic hydroxyl groups excluding tert-OH is 4. The van der Waals surface area contributed by atoms with E-state index in [9.17, 15) is 40.5 Å². The predicted octanol–water partition coefficient (Wildman–Crippen LogP) is -0.236. The first-order chi connectivity index (χ1) is 16.2. The SMILES string of the molecule is COc1c(-c2ccc(O)cc2)oc2cc(O[C@@H]3O[C@H](CO)[C@@H](O)[C@H](O)[C@H]3O)c(O)c(O)c2c1=O. The Morgan fingerprint density at radius 2 is 1.65 bits per heavy atom. The van der Waals surface area contributed by atoms with Crippen molar-refractivity contribution in [2.45, 2.75) is 30.7 Å². The molecule has 5 atom stereocenters. The fourth-order valence-electron chi connectivity index (χ4n) is 3.65. The zero-order chi connectivity index (χ0) is 24.7. The fraction of sp³-hybridized carbons (Fsp3) is 0.318. The van der Waals surface area contributed by atoms with Gasteiger partial charge < -0.3 is 54.4 Å². The number of hydrogen-bond acceptors (Lipinski definition) is 12. The monoisotopic (exact) mass is 478 g/mol. The lowest BCUT2D eigenvalue weighted by Crippen LogP contribution is -2.60. The number of hydrogen-bond donors (Lipinski definition) is 7. The number of aromatic hydroxyl groups is 3. The Labute approximate surface area is 191 Å². The molecule has 1 saturated heterocycles. The highest BCUT2D eigenvalue weighted by molar-refractivity contribution is 5.91. The molecule has 0 bridgehead atoms. The van der Waals surface area contributed by atoms with Crippen LogP contribution < -0.4 is 14.9 Å². The fourth-order valence-corrected chi connectivity index (χ4v) is 3.65. The highest BCUT2D eigenvalue weighted by Crippen LogP contribution is 2.44. The molecule has 0 unspecified atom stereocenters. The van der Waals surface area contributed by atoms with Gasteiger partial charge in [-0.3, -0.25) is 4.79 Å². The number of methoxy groups -OCH3 is 1. The molecule has 12 nitrogen and oxygen atoms in total. The molecule has 3 aromatic rings. The lowest BCUT2D eigenvalue weighted by molar-refractivity contribution is -0.277. The zero-order valence-electron chi connectivity index (χ0n) is 17.7. The maximum absolute atomic E-state index is 13.0. The summed E-state index contributed by atoms with van der Waals surface area (Å²) in [4.78, 5) is 13.0. The Kier molecular flexibility index (Phi) is 6.25. The van der Waals surface area contributed by atoms with Gasteiger partial charge in [-0.05, 0) is 24.3 Å². The van der Waals surface area contributed by atoms with Crippen molar-refractivity contribution >= 4 is 11.0 Å². The molecule has 1 fully saturated rings. The lowest BCUT2D eigenvalue weighted by Gasteiger charge is -2.39. The largest absolute Gasteiger partial charge is 0.508 e. The van der Waals surface area contributed by atoms with E-state index in [-0.39, 0.29) is 22.8 Å². The molecule has 0 aliphatic carbocycles. The van der Waals surface area contributed by atoms with Crippen LogP contribution in [0.2, 0.25) is 0 Å². The molecular weight excluding hydrogens is 456 g/mol. The molecule has 4 rings (SSSR count). The zero-order valence-corrected chi connectivity index (χ0v) is 17.7. The molecule has 0 radical (unpaired) electrons. The molecule has 1 aromatic heterocycles. The molecule has 12 heteroatoms. The minimum atomic E-state index is -1.79. The van der Waals surface area contributed by atoms with Crippen molar-refractivity contribution in [2.75, 3.05) is 13.7 Å². The number of phenols is 3. The summed E-state index contributed by atoms with van der Waals surface area (Å²) in [6, 6.07) is 6.71. The van der Waals surface area contributed by atoms with Crippen molar-refractivity contribution in [2.24, 2.45) is 0 Å². The van der Waals surface area contributed by atoms with Gasteiger partial charge in [0.2, 0.25) is 23.2 Å². The molecule has 0 amide bonds. The van der Waals surface area contributed by atoms with Gasteiger partial charge in [0.05, 0.1) is 13.7 Å². The summed E-state index contributed by atoms with van der Waals surface area (Å²) in [6.45, 7) is -0.704. The highest BCUT2D eigenvalue weighted by atomic mass is 16.7. The third-order valence-corrected chi connectivity index (χ3v) is 5.48. The van der Waals surface area contributed by atoms with Gasteiger partial charge in [0, 0.05) is 11.6 Å². The summed E-state index contributed by atoms with van der Waals surface area (Å²) in [5.41, 5.74) is -0.680. The van der Waals surface area contributed by atoms with E-state index < -0.39 is 65.4 Å². The first kappa shape index (κ1) is 23.6. The Bertz CT molecular complexity index is 1250. The summed E-state index contributed by atoms with van der Waals surface area (Å²) < 4.78 is 21.6. The van der Waals surface area contributed by atoms with Crippen LogP contribution in [0.15, 0.2) is 39.5 Å². The summed E-state index contributed by atoms with van der Waals surface area (Å²) in [6.07, 6.45) is -8.10. The molecule has 0 saturated carbocycles. The molecule has 7 N–H and O–H groups in total. The Morgan fingerprint density at radius 3 is 2.26 bits per heavy atom. The molecule has 0 spiro atoms. The predicted molar refractivity (Wildman–Crippen MR) is 114 cm³/mol. The highest BCUT2D eigenvalue weighted by Gasteiger charge is 2.45. The number of ether oxygens (including phenoxy) is 3.